The zero-order valence-corrected chi connectivity index (χ0v) is 21.1. The SMILES string of the molecule is COc1ccc(C2/C(=C(\O)c3c(OC)cccc3OC)C(=O)C(=O)N2c2ccc3c(c2)OCO3)cc1OC. The number of carbonyl (C=O) groups is 2. The smallest absolute Gasteiger partial charge is 0.300 e. The molecule has 2 aliphatic rings. The zero-order chi connectivity index (χ0) is 27.0. The highest BCUT2D eigenvalue weighted by Crippen LogP contribution is 2.47. The Kier molecular flexibility index (Phi) is 6.46. The number of ether oxygens (including phenoxy) is 6. The normalized spacial score (nSPS) is 17.5. The standard InChI is InChI=1S/C28H25NO9/c1-33-17-10-8-15(12-21(17)36-4)25-24(26(30)23-19(34-2)6-5-7-20(23)35-3)27(31)28(32)29(25)16-9-11-18-22(13-16)38-14-37-18/h5-13,25,30H,14H2,1-4H3/b26-24+. The Balaban J connectivity index is 1.78. The minimum Gasteiger partial charge on any atom is -0.506 e. The molecule has 1 amide bonds. The molecule has 1 fully saturated rings. The van der Waals surface area contributed by atoms with Crippen LogP contribution < -0.4 is 33.3 Å². The predicted octanol–water partition coefficient (Wildman–Crippen LogP) is 4.08. The van der Waals surface area contributed by atoms with Gasteiger partial charge in [0.05, 0.1) is 40.1 Å². The molecule has 1 N–H and O–H groups in total. The van der Waals surface area contributed by atoms with E-state index in [0.717, 1.165) is 0 Å². The summed E-state index contributed by atoms with van der Waals surface area (Å²) in [5, 5.41) is 11.6. The van der Waals surface area contributed by atoms with Crippen LogP contribution in [0.2, 0.25) is 0 Å². The van der Waals surface area contributed by atoms with Crippen molar-refractivity contribution in [1.82, 2.24) is 0 Å². The summed E-state index contributed by atoms with van der Waals surface area (Å²) in [4.78, 5) is 28.5. The second-order valence-electron chi connectivity index (χ2n) is 8.36. The van der Waals surface area contributed by atoms with Crippen LogP contribution in [0.25, 0.3) is 5.76 Å². The van der Waals surface area contributed by atoms with Gasteiger partial charge in [0, 0.05) is 11.8 Å². The average molecular weight is 520 g/mol. The number of rotatable bonds is 7. The summed E-state index contributed by atoms with van der Waals surface area (Å²) in [7, 11) is 5.85. The van der Waals surface area contributed by atoms with E-state index < -0.39 is 23.5 Å². The maximum absolute atomic E-state index is 13.6. The molecule has 38 heavy (non-hydrogen) atoms. The molecule has 0 spiro atoms. The first-order valence-electron chi connectivity index (χ1n) is 11.6. The average Bonchev–Trinajstić information content (AvgIpc) is 3.53. The van der Waals surface area contributed by atoms with Gasteiger partial charge in [-0.05, 0) is 42.0 Å². The second kappa shape index (κ2) is 9.89. The first kappa shape index (κ1) is 24.8. The van der Waals surface area contributed by atoms with Gasteiger partial charge in [-0.3, -0.25) is 14.5 Å². The van der Waals surface area contributed by atoms with Crippen LogP contribution in [0, 0.1) is 0 Å². The first-order valence-corrected chi connectivity index (χ1v) is 11.6. The molecule has 1 unspecified atom stereocenters. The molecule has 5 rings (SSSR count). The number of Topliss-reactive ketones (excluding diaryl/α,β-unsaturated/α-hetero) is 1. The third-order valence-electron chi connectivity index (χ3n) is 6.47. The van der Waals surface area contributed by atoms with Gasteiger partial charge >= 0.3 is 0 Å². The number of fused-ring (bicyclic) bond motifs is 1. The minimum atomic E-state index is -1.04. The number of aliphatic hydroxyl groups is 1. The van der Waals surface area contributed by atoms with Crippen LogP contribution in [0.4, 0.5) is 5.69 Å². The summed E-state index contributed by atoms with van der Waals surface area (Å²) < 4.78 is 32.6. The van der Waals surface area contributed by atoms with Crippen molar-refractivity contribution in [3.8, 4) is 34.5 Å². The molecule has 1 atom stereocenters. The van der Waals surface area contributed by atoms with Crippen LogP contribution >= 0.6 is 0 Å². The topological polar surface area (TPSA) is 113 Å². The fourth-order valence-corrected chi connectivity index (χ4v) is 4.69. The molecule has 3 aromatic carbocycles. The molecule has 10 nitrogen and oxygen atoms in total. The van der Waals surface area contributed by atoms with Gasteiger partial charge in [-0.25, -0.2) is 0 Å². The van der Waals surface area contributed by atoms with E-state index in [0.29, 0.717) is 34.2 Å². The molecule has 0 saturated carbocycles. The third-order valence-corrected chi connectivity index (χ3v) is 6.47. The van der Waals surface area contributed by atoms with Crippen molar-refractivity contribution >= 4 is 23.1 Å². The number of anilines is 1. The van der Waals surface area contributed by atoms with Crippen molar-refractivity contribution in [3.05, 3.63) is 71.3 Å². The monoisotopic (exact) mass is 519 g/mol. The molecule has 0 aromatic heterocycles. The molecule has 10 heteroatoms. The highest BCUT2D eigenvalue weighted by molar-refractivity contribution is 6.51. The first-order chi connectivity index (χ1) is 18.4. The molecule has 196 valence electrons. The van der Waals surface area contributed by atoms with Crippen LogP contribution in [0.1, 0.15) is 17.2 Å². The number of aliphatic hydroxyl groups excluding tert-OH is 1. The predicted molar refractivity (Wildman–Crippen MR) is 136 cm³/mol. The quantitative estimate of drug-likeness (QED) is 0.280. The molecule has 0 aliphatic carbocycles. The van der Waals surface area contributed by atoms with Crippen LogP contribution in [0.3, 0.4) is 0 Å². The lowest BCUT2D eigenvalue weighted by Gasteiger charge is -2.26. The van der Waals surface area contributed by atoms with E-state index in [1.807, 2.05) is 0 Å². The van der Waals surface area contributed by atoms with Gasteiger partial charge in [-0.15, -0.1) is 0 Å². The lowest BCUT2D eigenvalue weighted by Crippen LogP contribution is -2.29. The van der Waals surface area contributed by atoms with Crippen LogP contribution in [0.15, 0.2) is 60.2 Å². The van der Waals surface area contributed by atoms with E-state index in [1.54, 1.807) is 54.6 Å². The van der Waals surface area contributed by atoms with Gasteiger partial charge in [0.1, 0.15) is 22.8 Å². The largest absolute Gasteiger partial charge is 0.506 e. The Labute approximate surface area is 218 Å². The Hall–Kier alpha value is -4.86. The Morgan fingerprint density at radius 3 is 2.13 bits per heavy atom. The third kappa shape index (κ3) is 3.90. The Bertz CT molecular complexity index is 1440. The van der Waals surface area contributed by atoms with Crippen LogP contribution in [-0.2, 0) is 9.59 Å². The molecule has 0 bridgehead atoms. The van der Waals surface area contributed by atoms with Crippen molar-refractivity contribution in [2.24, 2.45) is 0 Å². The lowest BCUT2D eigenvalue weighted by molar-refractivity contribution is -0.132. The number of amides is 1. The summed E-state index contributed by atoms with van der Waals surface area (Å²) in [6.07, 6.45) is 0. The lowest BCUT2D eigenvalue weighted by atomic mass is 9.94. The van der Waals surface area contributed by atoms with Crippen molar-refractivity contribution in [1.29, 1.82) is 0 Å². The molecule has 2 aliphatic heterocycles. The summed E-state index contributed by atoms with van der Waals surface area (Å²) in [5.74, 6) is 0.171. The fraction of sp³-hybridized carbons (Fsp3) is 0.214. The van der Waals surface area contributed by atoms with Crippen molar-refractivity contribution in [2.75, 3.05) is 40.1 Å². The number of nitrogens with zero attached hydrogens (tertiary/aromatic N) is 1. The number of hydrogen-bond acceptors (Lipinski definition) is 9. The van der Waals surface area contributed by atoms with Crippen molar-refractivity contribution in [3.63, 3.8) is 0 Å². The maximum Gasteiger partial charge on any atom is 0.300 e. The number of benzene rings is 3. The van der Waals surface area contributed by atoms with Gasteiger partial charge in [0.15, 0.2) is 23.0 Å². The summed E-state index contributed by atoms with van der Waals surface area (Å²) in [5.41, 5.74) is 0.867. The molecule has 0 radical (unpaired) electrons. The molecule has 3 aromatic rings. The molecular formula is C28H25NO9. The molecule has 1 saturated heterocycles. The fourth-order valence-electron chi connectivity index (χ4n) is 4.69. The van der Waals surface area contributed by atoms with Crippen molar-refractivity contribution < 1.29 is 43.1 Å². The summed E-state index contributed by atoms with van der Waals surface area (Å²) >= 11 is 0. The summed E-state index contributed by atoms with van der Waals surface area (Å²) in [6.45, 7) is 0.0459. The zero-order valence-electron chi connectivity index (χ0n) is 21.1. The van der Waals surface area contributed by atoms with E-state index in [2.05, 4.69) is 0 Å². The van der Waals surface area contributed by atoms with E-state index in [9.17, 15) is 14.7 Å². The van der Waals surface area contributed by atoms with Crippen LogP contribution in [0.5, 0.6) is 34.5 Å². The number of ketones is 1. The Morgan fingerprint density at radius 2 is 1.47 bits per heavy atom. The van der Waals surface area contributed by atoms with E-state index in [4.69, 9.17) is 28.4 Å². The highest BCUT2D eigenvalue weighted by Gasteiger charge is 2.48. The van der Waals surface area contributed by atoms with E-state index in [-0.39, 0.29) is 29.4 Å². The second-order valence-corrected chi connectivity index (χ2v) is 8.36. The van der Waals surface area contributed by atoms with Gasteiger partial charge < -0.3 is 33.5 Å². The highest BCUT2D eigenvalue weighted by atomic mass is 16.7. The van der Waals surface area contributed by atoms with E-state index in [1.165, 1.54) is 33.3 Å². The van der Waals surface area contributed by atoms with Crippen LogP contribution in [-0.4, -0.2) is 52.0 Å². The maximum atomic E-state index is 13.6. The molecule has 2 heterocycles. The Morgan fingerprint density at radius 1 is 0.816 bits per heavy atom. The molecular weight excluding hydrogens is 494 g/mol. The number of hydrogen-bond donors (Lipinski definition) is 1. The minimum absolute atomic E-state index is 0.0459. The van der Waals surface area contributed by atoms with E-state index >= 15 is 0 Å². The van der Waals surface area contributed by atoms with Gasteiger partial charge in [0.2, 0.25) is 6.79 Å². The number of carbonyl (C=O) groups excluding carboxylic acids is 2. The van der Waals surface area contributed by atoms with Crippen molar-refractivity contribution in [2.45, 2.75) is 6.04 Å². The van der Waals surface area contributed by atoms with Gasteiger partial charge in [-0.2, -0.15) is 0 Å². The van der Waals surface area contributed by atoms with Gasteiger partial charge in [0.25, 0.3) is 11.7 Å². The number of methoxy groups -OCH3 is 4. The summed E-state index contributed by atoms with van der Waals surface area (Å²) in [6, 6.07) is 13.8. The van der Waals surface area contributed by atoms with Gasteiger partial charge in [-0.1, -0.05) is 12.1 Å².